The van der Waals surface area contributed by atoms with E-state index in [2.05, 4.69) is 47.8 Å². The topological polar surface area (TPSA) is 205 Å². The first-order valence-corrected chi connectivity index (χ1v) is 30.3. The van der Waals surface area contributed by atoms with Crippen molar-refractivity contribution in [3.8, 4) is 0 Å². The highest BCUT2D eigenvalue weighted by Crippen LogP contribution is 2.60. The molecular weight excluding hydrogens is 1010 g/mol. The minimum atomic E-state index is -1.03. The van der Waals surface area contributed by atoms with E-state index in [-0.39, 0.29) is 122 Å². The molecule has 2 N–H and O–H groups in total. The number of hydrogen-bond acceptors (Lipinski definition) is 19. The number of fused-ring (bicyclic) bond motifs is 10. The Balaban J connectivity index is 0.666. The third kappa shape index (κ3) is 8.85. The van der Waals surface area contributed by atoms with Crippen LogP contribution in [0.3, 0.4) is 0 Å². The van der Waals surface area contributed by atoms with Crippen LogP contribution in [-0.4, -0.2) is 187 Å². The van der Waals surface area contributed by atoms with E-state index in [1.54, 1.807) is 0 Å². The Morgan fingerprint density at radius 3 is 2.14 bits per heavy atom. The van der Waals surface area contributed by atoms with E-state index in [0.29, 0.717) is 64.2 Å². The normalized spacial score (nSPS) is 58.3. The molecule has 0 radical (unpaired) electrons. The Kier molecular flexibility index (Phi) is 13.2. The van der Waals surface area contributed by atoms with E-state index in [9.17, 15) is 15.0 Å². The van der Waals surface area contributed by atoms with Crippen LogP contribution in [-0.2, 0) is 80.6 Å². The van der Waals surface area contributed by atoms with E-state index >= 15 is 0 Å². The Morgan fingerprint density at radius 2 is 1.29 bits per heavy atom. The van der Waals surface area contributed by atoms with Gasteiger partial charge in [-0.2, -0.15) is 0 Å². The Hall–Kier alpha value is -1.73. The number of ether oxygens (including phenoxy) is 16. The lowest BCUT2D eigenvalue weighted by atomic mass is 9.80. The summed E-state index contributed by atoms with van der Waals surface area (Å²) in [6.45, 7) is 19.7. The van der Waals surface area contributed by atoms with Gasteiger partial charge < -0.3 is 86.0 Å². The quantitative estimate of drug-likeness (QED) is 0.265. The number of aliphatic hydroxyl groups excluding tert-OH is 2. The van der Waals surface area contributed by atoms with Gasteiger partial charge >= 0.3 is 5.97 Å². The van der Waals surface area contributed by atoms with Crippen molar-refractivity contribution in [3.05, 3.63) is 24.3 Å². The fourth-order valence-electron chi connectivity index (χ4n) is 17.8. The lowest BCUT2D eigenvalue weighted by molar-refractivity contribution is -0.392. The first kappa shape index (κ1) is 53.0. The standard InChI is InChI=1S/C59H84O19/c1-26-16-32-8-10-36-27(2)17-34(63-36)12-14-57-25-56(7)53(77-57)52-51(74-56)50(76-57)49-37(66-52)11-9-33(65-49)18-44(62)70-47-31(6)48-55(69-40(47)19-38(64-32)30(26)5)71-54-43(68-48)24-59(78-54)23-42-46(75-59)29(4)22-58(73-42)21-28(3)45-41(72-58)20-39(67-45)35(61)13-15-60/h26,28-29,31-43,45-55,60-61H,2,5,8-25H2,1,3-4,6-7H3. The summed E-state index contributed by atoms with van der Waals surface area (Å²) in [5.41, 5.74) is 1.56. The number of carbonyl (C=O) groups excluding carboxylic acids is 1. The summed E-state index contributed by atoms with van der Waals surface area (Å²) in [6, 6.07) is 0. The molecule has 16 rings (SSSR count). The van der Waals surface area contributed by atoms with Gasteiger partial charge in [0.1, 0.15) is 60.5 Å². The molecule has 16 aliphatic heterocycles. The molecule has 16 saturated heterocycles. The SMILES string of the molecule is C=C1CC2CCC34CC5(C)OC6C(O3)C3OC(CCC3OC6C5O4)CC(=O)OC3C(CC4OC(CCC1O2)CC(C)C4=C)OC1OC2OC4(CC2OC1C3C)CC1OC2(CC(C)C3OC(C(O)CCO)CC3O2)CC(C)C1O4. The molecule has 0 aliphatic carbocycles. The van der Waals surface area contributed by atoms with Crippen LogP contribution < -0.4 is 0 Å². The third-order valence-electron chi connectivity index (χ3n) is 21.5. The highest BCUT2D eigenvalue weighted by Gasteiger charge is 2.73. The molecule has 16 heterocycles. The van der Waals surface area contributed by atoms with Crippen LogP contribution in [0.4, 0.5) is 0 Å². The predicted molar refractivity (Wildman–Crippen MR) is 269 cm³/mol. The van der Waals surface area contributed by atoms with E-state index in [4.69, 9.17) is 75.8 Å². The summed E-state index contributed by atoms with van der Waals surface area (Å²) in [5, 5.41) is 20.2. The van der Waals surface area contributed by atoms with E-state index in [1.165, 1.54) is 0 Å². The third-order valence-corrected chi connectivity index (χ3v) is 21.5. The highest BCUT2D eigenvalue weighted by molar-refractivity contribution is 5.70. The maximum absolute atomic E-state index is 14.6. The molecule has 0 aromatic rings. The van der Waals surface area contributed by atoms with Gasteiger partial charge in [-0.15, -0.1) is 0 Å². The zero-order chi connectivity index (χ0) is 53.4. The molecule has 0 amide bonds. The molecule has 16 aliphatic rings. The molecule has 434 valence electrons. The van der Waals surface area contributed by atoms with Gasteiger partial charge in [-0.3, -0.25) is 4.79 Å². The molecule has 3 spiro atoms. The lowest BCUT2D eigenvalue weighted by Gasteiger charge is -2.50. The lowest BCUT2D eigenvalue weighted by Crippen LogP contribution is -2.62. The molecule has 78 heavy (non-hydrogen) atoms. The molecule has 31 unspecified atom stereocenters. The van der Waals surface area contributed by atoms with Crippen molar-refractivity contribution in [1.29, 1.82) is 0 Å². The van der Waals surface area contributed by atoms with Crippen molar-refractivity contribution in [2.24, 2.45) is 23.7 Å². The number of aliphatic hydroxyl groups is 2. The van der Waals surface area contributed by atoms with Gasteiger partial charge in [0.05, 0.1) is 79.7 Å². The highest BCUT2D eigenvalue weighted by atomic mass is 16.9. The largest absolute Gasteiger partial charge is 0.459 e. The summed E-state index contributed by atoms with van der Waals surface area (Å²) in [5.74, 6) is -3.05. The molecule has 0 aromatic heterocycles. The van der Waals surface area contributed by atoms with Gasteiger partial charge in [0.25, 0.3) is 0 Å². The Labute approximate surface area is 457 Å². The van der Waals surface area contributed by atoms with E-state index < -0.39 is 90.5 Å². The first-order valence-electron chi connectivity index (χ1n) is 30.3. The minimum absolute atomic E-state index is 0.00330. The molecule has 12 bridgehead atoms. The van der Waals surface area contributed by atoms with Crippen molar-refractivity contribution >= 4 is 5.97 Å². The zero-order valence-electron chi connectivity index (χ0n) is 46.1. The van der Waals surface area contributed by atoms with Crippen LogP contribution in [0, 0.1) is 23.7 Å². The Morgan fingerprint density at radius 1 is 0.564 bits per heavy atom. The molecule has 0 saturated carbocycles. The van der Waals surface area contributed by atoms with Crippen molar-refractivity contribution in [3.63, 3.8) is 0 Å². The van der Waals surface area contributed by atoms with Gasteiger partial charge in [-0.1, -0.05) is 40.9 Å². The maximum Gasteiger partial charge on any atom is 0.308 e. The van der Waals surface area contributed by atoms with Crippen molar-refractivity contribution in [1.82, 2.24) is 0 Å². The second-order valence-corrected chi connectivity index (χ2v) is 27.2. The summed E-state index contributed by atoms with van der Waals surface area (Å²) < 4.78 is 110. The van der Waals surface area contributed by atoms with Gasteiger partial charge in [0, 0.05) is 63.9 Å². The molecular formula is C59H84O19. The fraction of sp³-hybridized carbons (Fsp3) is 0.915. The maximum atomic E-state index is 14.6. The summed E-state index contributed by atoms with van der Waals surface area (Å²) in [4.78, 5) is 14.6. The van der Waals surface area contributed by atoms with Crippen LogP contribution >= 0.6 is 0 Å². The van der Waals surface area contributed by atoms with Crippen molar-refractivity contribution in [2.45, 2.75) is 307 Å². The number of carbonyl (C=O) groups is 1. The van der Waals surface area contributed by atoms with E-state index in [1.807, 2.05) is 0 Å². The summed E-state index contributed by atoms with van der Waals surface area (Å²) >= 11 is 0. The number of hydrogen-bond donors (Lipinski definition) is 2. The second-order valence-electron chi connectivity index (χ2n) is 27.2. The number of esters is 1. The van der Waals surface area contributed by atoms with Crippen LogP contribution in [0.2, 0.25) is 0 Å². The predicted octanol–water partition coefficient (Wildman–Crippen LogP) is 5.50. The average Bonchev–Trinajstić information content (AvgIpc) is 3.65. The smallest absolute Gasteiger partial charge is 0.308 e. The second kappa shape index (κ2) is 19.4. The molecule has 16 fully saturated rings. The average molecular weight is 1100 g/mol. The zero-order valence-corrected chi connectivity index (χ0v) is 46.1. The van der Waals surface area contributed by atoms with Gasteiger partial charge in [-0.05, 0) is 87.2 Å². The molecule has 19 heteroatoms. The minimum Gasteiger partial charge on any atom is -0.459 e. The van der Waals surface area contributed by atoms with Gasteiger partial charge in [0.2, 0.25) is 0 Å². The van der Waals surface area contributed by atoms with Crippen molar-refractivity contribution < 1.29 is 90.8 Å². The molecule has 0 aromatic carbocycles. The van der Waals surface area contributed by atoms with Crippen LogP contribution in [0.5, 0.6) is 0 Å². The first-order chi connectivity index (χ1) is 37.4. The summed E-state index contributed by atoms with van der Waals surface area (Å²) in [7, 11) is 0. The summed E-state index contributed by atoms with van der Waals surface area (Å²) in [6.07, 6.45) is 0.983. The fourth-order valence-corrected chi connectivity index (χ4v) is 17.8. The number of rotatable bonds is 3. The van der Waals surface area contributed by atoms with Gasteiger partial charge in [-0.25, -0.2) is 0 Å². The molecule has 31 atom stereocenters. The monoisotopic (exact) mass is 1100 g/mol. The van der Waals surface area contributed by atoms with E-state index in [0.717, 1.165) is 43.3 Å². The van der Waals surface area contributed by atoms with Gasteiger partial charge in [0.15, 0.2) is 29.9 Å². The van der Waals surface area contributed by atoms with Crippen molar-refractivity contribution in [2.75, 3.05) is 6.61 Å². The molecule has 19 nitrogen and oxygen atoms in total. The van der Waals surface area contributed by atoms with Crippen LogP contribution in [0.25, 0.3) is 0 Å². The van der Waals surface area contributed by atoms with Crippen LogP contribution in [0.15, 0.2) is 24.3 Å². The van der Waals surface area contributed by atoms with Crippen LogP contribution in [0.1, 0.15) is 144 Å². The Bertz CT molecular complexity index is 2340.